The van der Waals surface area contributed by atoms with E-state index in [4.69, 9.17) is 0 Å². The minimum atomic E-state index is -0.237. The van der Waals surface area contributed by atoms with E-state index in [1.807, 2.05) is 20.8 Å². The van der Waals surface area contributed by atoms with Gasteiger partial charge in [-0.3, -0.25) is 4.79 Å². The molecule has 0 saturated heterocycles. The minimum Gasteiger partial charge on any atom is -0.394 e. The third-order valence-electron chi connectivity index (χ3n) is 2.57. The van der Waals surface area contributed by atoms with Gasteiger partial charge in [0.2, 0.25) is 0 Å². The summed E-state index contributed by atoms with van der Waals surface area (Å²) in [6.07, 6.45) is 0. The number of anilines is 1. The second-order valence-electron chi connectivity index (χ2n) is 4.34. The molecule has 0 aliphatic heterocycles. The van der Waals surface area contributed by atoms with Crippen molar-refractivity contribution in [1.29, 1.82) is 0 Å². The monoisotopic (exact) mass is 252 g/mol. The van der Waals surface area contributed by atoms with Crippen molar-refractivity contribution in [3.63, 3.8) is 0 Å². The number of amides is 1. The van der Waals surface area contributed by atoms with E-state index in [2.05, 4.69) is 20.8 Å². The zero-order chi connectivity index (χ0) is 13.5. The summed E-state index contributed by atoms with van der Waals surface area (Å²) in [5.74, 6) is 0.592. The van der Waals surface area contributed by atoms with E-state index in [-0.39, 0.29) is 30.2 Å². The predicted molar refractivity (Wildman–Crippen MR) is 69.4 cm³/mol. The Kier molecular flexibility index (Phi) is 5.51. The van der Waals surface area contributed by atoms with E-state index in [9.17, 15) is 9.90 Å². The lowest BCUT2D eigenvalue weighted by atomic mass is 10.1. The molecule has 1 amide bonds. The Bertz CT molecular complexity index is 378. The highest BCUT2D eigenvalue weighted by molar-refractivity contribution is 5.92. The molecule has 0 fully saturated rings. The molecule has 0 unspecified atom stereocenters. The molecule has 0 aliphatic carbocycles. The van der Waals surface area contributed by atoms with E-state index in [0.29, 0.717) is 12.4 Å². The number of hydrogen-bond acceptors (Lipinski definition) is 5. The number of aromatic nitrogens is 2. The fourth-order valence-corrected chi connectivity index (χ4v) is 1.39. The van der Waals surface area contributed by atoms with Crippen LogP contribution in [0.15, 0.2) is 12.1 Å². The largest absolute Gasteiger partial charge is 0.394 e. The van der Waals surface area contributed by atoms with Crippen LogP contribution in [0, 0.1) is 5.92 Å². The van der Waals surface area contributed by atoms with Gasteiger partial charge in [-0.2, -0.15) is 0 Å². The normalized spacial score (nSPS) is 12.3. The lowest BCUT2D eigenvalue weighted by molar-refractivity contribution is 0.0950. The first-order valence-electron chi connectivity index (χ1n) is 6.07. The summed E-state index contributed by atoms with van der Waals surface area (Å²) in [4.78, 5) is 11.5. The fraction of sp³-hybridized carbons (Fsp3) is 0.583. The van der Waals surface area contributed by atoms with Gasteiger partial charge in [0, 0.05) is 6.54 Å². The number of aliphatic hydroxyl groups excluding tert-OH is 1. The molecular weight excluding hydrogens is 232 g/mol. The number of nitrogens with zero attached hydrogens (tertiary/aromatic N) is 2. The molecule has 1 atom stereocenters. The number of hydrogen-bond donors (Lipinski definition) is 3. The maximum atomic E-state index is 11.5. The van der Waals surface area contributed by atoms with Crippen LogP contribution in [-0.4, -0.2) is 40.4 Å². The summed E-state index contributed by atoms with van der Waals surface area (Å²) in [6.45, 7) is 6.43. The van der Waals surface area contributed by atoms with Crippen LogP contribution < -0.4 is 10.6 Å². The van der Waals surface area contributed by atoms with Crippen LogP contribution in [0.2, 0.25) is 0 Å². The van der Waals surface area contributed by atoms with Gasteiger partial charge in [0.25, 0.3) is 5.91 Å². The Morgan fingerprint density at radius 2 is 2.11 bits per heavy atom. The summed E-state index contributed by atoms with van der Waals surface area (Å²) in [7, 11) is 0. The second-order valence-corrected chi connectivity index (χ2v) is 4.34. The maximum absolute atomic E-state index is 11.5. The van der Waals surface area contributed by atoms with Crippen molar-refractivity contribution < 1.29 is 9.90 Å². The molecule has 1 aromatic heterocycles. The second kappa shape index (κ2) is 6.90. The molecule has 0 aliphatic rings. The predicted octanol–water partition coefficient (Wildman–Crippen LogP) is 0.655. The average Bonchev–Trinajstić information content (AvgIpc) is 2.36. The number of rotatable bonds is 6. The highest BCUT2D eigenvalue weighted by Gasteiger charge is 2.13. The first-order chi connectivity index (χ1) is 8.58. The maximum Gasteiger partial charge on any atom is 0.271 e. The first kappa shape index (κ1) is 14.4. The number of carbonyl (C=O) groups is 1. The number of nitrogens with one attached hydrogen (secondary N) is 2. The van der Waals surface area contributed by atoms with Crippen LogP contribution >= 0.6 is 0 Å². The first-order valence-corrected chi connectivity index (χ1v) is 6.07. The smallest absolute Gasteiger partial charge is 0.271 e. The SMILES string of the molecule is CCNC(=O)c1ccc(N[C@H](CO)C(C)C)nn1. The van der Waals surface area contributed by atoms with Crippen LogP contribution in [0.1, 0.15) is 31.3 Å². The van der Waals surface area contributed by atoms with Gasteiger partial charge >= 0.3 is 0 Å². The zero-order valence-corrected chi connectivity index (χ0v) is 11.0. The van der Waals surface area contributed by atoms with Gasteiger partial charge in [0.15, 0.2) is 5.69 Å². The molecule has 0 saturated carbocycles. The third kappa shape index (κ3) is 3.96. The van der Waals surface area contributed by atoms with Crippen molar-refractivity contribution in [2.45, 2.75) is 26.8 Å². The Labute approximate surface area is 107 Å². The van der Waals surface area contributed by atoms with E-state index in [1.54, 1.807) is 12.1 Å². The molecule has 0 spiro atoms. The van der Waals surface area contributed by atoms with E-state index < -0.39 is 0 Å². The summed E-state index contributed by atoms with van der Waals surface area (Å²) < 4.78 is 0. The molecule has 3 N–H and O–H groups in total. The van der Waals surface area contributed by atoms with Crippen LogP contribution in [0.3, 0.4) is 0 Å². The summed E-state index contributed by atoms with van der Waals surface area (Å²) in [5, 5.41) is 22.7. The summed E-state index contributed by atoms with van der Waals surface area (Å²) in [5.41, 5.74) is 0.285. The minimum absolute atomic E-state index is 0.0252. The lowest BCUT2D eigenvalue weighted by Crippen LogP contribution is -2.30. The van der Waals surface area contributed by atoms with Crippen molar-refractivity contribution in [3.05, 3.63) is 17.8 Å². The molecule has 6 heteroatoms. The van der Waals surface area contributed by atoms with Gasteiger partial charge in [-0.1, -0.05) is 13.8 Å². The van der Waals surface area contributed by atoms with Crippen LogP contribution in [0.25, 0.3) is 0 Å². The Hall–Kier alpha value is -1.69. The van der Waals surface area contributed by atoms with E-state index in [0.717, 1.165) is 0 Å². The van der Waals surface area contributed by atoms with Gasteiger partial charge in [-0.05, 0) is 25.0 Å². The standard InChI is InChI=1S/C12H20N4O2/c1-4-13-12(18)9-5-6-11(16-15-9)14-10(7-17)8(2)3/h5-6,8,10,17H,4,7H2,1-3H3,(H,13,18)(H,14,16)/t10-/m1/s1. The molecule has 0 radical (unpaired) electrons. The van der Waals surface area contributed by atoms with Crippen LogP contribution in [0.4, 0.5) is 5.82 Å². The van der Waals surface area contributed by atoms with Gasteiger partial charge in [-0.25, -0.2) is 0 Å². The molecule has 1 rings (SSSR count). The van der Waals surface area contributed by atoms with Gasteiger partial charge in [0.1, 0.15) is 5.82 Å². The van der Waals surface area contributed by atoms with Crippen molar-refractivity contribution in [2.24, 2.45) is 5.92 Å². The zero-order valence-electron chi connectivity index (χ0n) is 11.0. The molecule has 1 heterocycles. The molecule has 18 heavy (non-hydrogen) atoms. The molecular formula is C12H20N4O2. The Morgan fingerprint density at radius 3 is 2.56 bits per heavy atom. The lowest BCUT2D eigenvalue weighted by Gasteiger charge is -2.19. The van der Waals surface area contributed by atoms with Gasteiger partial charge < -0.3 is 15.7 Å². The third-order valence-corrected chi connectivity index (χ3v) is 2.57. The molecule has 1 aromatic rings. The molecule has 0 aromatic carbocycles. The van der Waals surface area contributed by atoms with E-state index >= 15 is 0 Å². The van der Waals surface area contributed by atoms with Crippen molar-refractivity contribution in [2.75, 3.05) is 18.5 Å². The Morgan fingerprint density at radius 1 is 1.39 bits per heavy atom. The molecule has 0 bridgehead atoms. The van der Waals surface area contributed by atoms with Gasteiger partial charge in [0.05, 0.1) is 12.6 Å². The topological polar surface area (TPSA) is 87.1 Å². The Balaban J connectivity index is 2.68. The van der Waals surface area contributed by atoms with Crippen LogP contribution in [-0.2, 0) is 0 Å². The van der Waals surface area contributed by atoms with Crippen molar-refractivity contribution in [3.8, 4) is 0 Å². The van der Waals surface area contributed by atoms with Crippen molar-refractivity contribution in [1.82, 2.24) is 15.5 Å². The number of carbonyl (C=O) groups excluding carboxylic acids is 1. The fourth-order valence-electron chi connectivity index (χ4n) is 1.39. The summed E-state index contributed by atoms with van der Waals surface area (Å²) >= 11 is 0. The quantitative estimate of drug-likeness (QED) is 0.692. The number of aliphatic hydroxyl groups is 1. The van der Waals surface area contributed by atoms with Crippen LogP contribution in [0.5, 0.6) is 0 Å². The molecule has 6 nitrogen and oxygen atoms in total. The molecule has 100 valence electrons. The average molecular weight is 252 g/mol. The summed E-state index contributed by atoms with van der Waals surface area (Å²) in [6, 6.07) is 3.21. The van der Waals surface area contributed by atoms with Gasteiger partial charge in [-0.15, -0.1) is 10.2 Å². The van der Waals surface area contributed by atoms with Crippen molar-refractivity contribution >= 4 is 11.7 Å². The highest BCUT2D eigenvalue weighted by atomic mass is 16.3. The highest BCUT2D eigenvalue weighted by Crippen LogP contribution is 2.09. The van der Waals surface area contributed by atoms with E-state index in [1.165, 1.54) is 0 Å².